The van der Waals surface area contributed by atoms with Gasteiger partial charge in [0.1, 0.15) is 10.7 Å². The van der Waals surface area contributed by atoms with Crippen molar-refractivity contribution in [2.75, 3.05) is 0 Å². The van der Waals surface area contributed by atoms with Gasteiger partial charge in [-0.05, 0) is 25.3 Å². The maximum absolute atomic E-state index is 4.30. The van der Waals surface area contributed by atoms with Crippen molar-refractivity contribution < 1.29 is 0 Å². The van der Waals surface area contributed by atoms with Crippen molar-refractivity contribution in [3.05, 3.63) is 23.0 Å². The third kappa shape index (κ3) is 3.59. The number of rotatable bonds is 0. The molecular formula is C12H20N2S. The van der Waals surface area contributed by atoms with Crippen molar-refractivity contribution in [2.45, 2.75) is 41.5 Å². The quantitative estimate of drug-likeness (QED) is 0.664. The van der Waals surface area contributed by atoms with Crippen LogP contribution in [0.25, 0.3) is 10.2 Å². The molecule has 2 rings (SSSR count). The highest BCUT2D eigenvalue weighted by Gasteiger charge is 2.00. The molecular weight excluding hydrogens is 204 g/mol. The van der Waals surface area contributed by atoms with Crippen LogP contribution in [0.3, 0.4) is 0 Å². The zero-order chi connectivity index (χ0) is 11.8. The lowest BCUT2D eigenvalue weighted by Gasteiger charge is -1.95. The van der Waals surface area contributed by atoms with Gasteiger partial charge in [0.2, 0.25) is 0 Å². The second-order valence-corrected chi connectivity index (χ2v) is 3.39. The second kappa shape index (κ2) is 7.35. The topological polar surface area (TPSA) is 25.8 Å². The molecule has 0 N–H and O–H groups in total. The maximum Gasteiger partial charge on any atom is 0.127 e. The normalized spacial score (nSPS) is 8.67. The molecule has 0 amide bonds. The zero-order valence-corrected chi connectivity index (χ0v) is 11.3. The van der Waals surface area contributed by atoms with Crippen LogP contribution in [0.5, 0.6) is 0 Å². The number of fused-ring (bicyclic) bond motifs is 1. The van der Waals surface area contributed by atoms with E-state index in [4.69, 9.17) is 0 Å². The zero-order valence-electron chi connectivity index (χ0n) is 10.5. The molecule has 0 bridgehead atoms. The number of aryl methyl sites for hydroxylation is 2. The molecule has 0 aromatic carbocycles. The molecule has 0 saturated carbocycles. The lowest BCUT2D eigenvalue weighted by molar-refractivity contribution is 1.06. The molecule has 0 unspecified atom stereocenters. The number of hydrogen-bond donors (Lipinski definition) is 0. The fourth-order valence-corrected chi connectivity index (χ4v) is 2.00. The van der Waals surface area contributed by atoms with Gasteiger partial charge in [-0.3, -0.25) is 0 Å². The highest BCUT2D eigenvalue weighted by Crippen LogP contribution is 2.20. The Kier molecular flexibility index (Phi) is 6.88. The van der Waals surface area contributed by atoms with Gasteiger partial charge in [0, 0.05) is 11.1 Å². The molecule has 0 spiro atoms. The van der Waals surface area contributed by atoms with E-state index >= 15 is 0 Å². The second-order valence-electron chi connectivity index (χ2n) is 2.50. The Morgan fingerprint density at radius 2 is 1.60 bits per heavy atom. The Bertz CT molecular complexity index is 393. The fraction of sp³-hybridized carbons (Fsp3) is 0.500. The first-order valence-corrected chi connectivity index (χ1v) is 6.34. The van der Waals surface area contributed by atoms with Crippen molar-refractivity contribution in [3.63, 3.8) is 0 Å². The van der Waals surface area contributed by atoms with Gasteiger partial charge in [-0.2, -0.15) is 0 Å². The van der Waals surface area contributed by atoms with E-state index in [1.54, 1.807) is 11.3 Å². The largest absolute Gasteiger partial charge is 0.238 e. The summed E-state index contributed by atoms with van der Waals surface area (Å²) in [4.78, 5) is 9.67. The molecule has 0 saturated heterocycles. The standard InChI is InChI=1S/C8H8N2S.2C2H6/c1-5-7-3-4-11-8(7)10-6(2)9-5;2*1-2/h3-4H,1-2H3;2*1-2H3. The van der Waals surface area contributed by atoms with Crippen LogP contribution < -0.4 is 0 Å². The maximum atomic E-state index is 4.30. The van der Waals surface area contributed by atoms with Gasteiger partial charge in [-0.25, -0.2) is 9.97 Å². The summed E-state index contributed by atoms with van der Waals surface area (Å²) in [5.74, 6) is 0.859. The first-order chi connectivity index (χ1) is 7.27. The van der Waals surface area contributed by atoms with Crippen LogP contribution in [0.15, 0.2) is 11.4 Å². The number of aromatic nitrogens is 2. The SMILES string of the molecule is CC.CC.Cc1nc(C)c2ccsc2n1. The molecule has 0 aliphatic carbocycles. The first kappa shape index (κ1) is 14.0. The van der Waals surface area contributed by atoms with Crippen LogP contribution >= 0.6 is 11.3 Å². The molecule has 0 radical (unpaired) electrons. The van der Waals surface area contributed by atoms with Crippen molar-refractivity contribution in [1.82, 2.24) is 9.97 Å². The van der Waals surface area contributed by atoms with Crippen LogP contribution in [0, 0.1) is 13.8 Å². The summed E-state index contributed by atoms with van der Waals surface area (Å²) >= 11 is 1.66. The molecule has 84 valence electrons. The highest BCUT2D eigenvalue weighted by molar-refractivity contribution is 7.16. The molecule has 0 fully saturated rings. The van der Waals surface area contributed by atoms with Crippen LogP contribution in [-0.4, -0.2) is 9.97 Å². The van der Waals surface area contributed by atoms with Crippen molar-refractivity contribution >= 4 is 21.6 Å². The Balaban J connectivity index is 0.000000442. The van der Waals surface area contributed by atoms with Gasteiger partial charge >= 0.3 is 0 Å². The third-order valence-electron chi connectivity index (χ3n) is 1.63. The smallest absolute Gasteiger partial charge is 0.127 e. The molecule has 0 aliphatic rings. The van der Waals surface area contributed by atoms with Crippen LogP contribution in [-0.2, 0) is 0 Å². The van der Waals surface area contributed by atoms with Gasteiger partial charge in [0.05, 0.1) is 0 Å². The summed E-state index contributed by atoms with van der Waals surface area (Å²) in [5.41, 5.74) is 1.08. The van der Waals surface area contributed by atoms with Crippen LogP contribution in [0.2, 0.25) is 0 Å². The van der Waals surface area contributed by atoms with Gasteiger partial charge in [-0.15, -0.1) is 11.3 Å². The summed E-state index contributed by atoms with van der Waals surface area (Å²) in [6.45, 7) is 11.9. The summed E-state index contributed by atoms with van der Waals surface area (Å²) < 4.78 is 0. The monoisotopic (exact) mass is 224 g/mol. The summed E-state index contributed by atoms with van der Waals surface area (Å²) in [5, 5.41) is 3.23. The van der Waals surface area contributed by atoms with Crippen LogP contribution in [0.1, 0.15) is 39.2 Å². The Labute approximate surface area is 96.4 Å². The average molecular weight is 224 g/mol. The lowest BCUT2D eigenvalue weighted by atomic mass is 10.3. The van der Waals surface area contributed by atoms with Gasteiger partial charge in [-0.1, -0.05) is 27.7 Å². The predicted molar refractivity (Wildman–Crippen MR) is 69.6 cm³/mol. The minimum absolute atomic E-state index is 0.859. The number of nitrogens with zero attached hydrogens (tertiary/aromatic N) is 2. The Morgan fingerprint density at radius 1 is 1.00 bits per heavy atom. The first-order valence-electron chi connectivity index (χ1n) is 5.46. The fourth-order valence-electron chi connectivity index (χ4n) is 1.14. The van der Waals surface area contributed by atoms with Gasteiger partial charge in [0.25, 0.3) is 0 Å². The van der Waals surface area contributed by atoms with E-state index in [2.05, 4.69) is 16.0 Å². The summed E-state index contributed by atoms with van der Waals surface area (Å²) in [6.07, 6.45) is 0. The minimum atomic E-state index is 0.859. The molecule has 2 heterocycles. The van der Waals surface area contributed by atoms with E-state index in [1.807, 2.05) is 46.9 Å². The highest BCUT2D eigenvalue weighted by atomic mass is 32.1. The number of hydrogen-bond acceptors (Lipinski definition) is 3. The number of thiophene rings is 1. The van der Waals surface area contributed by atoms with E-state index < -0.39 is 0 Å². The van der Waals surface area contributed by atoms with Gasteiger partial charge in [0.15, 0.2) is 0 Å². The predicted octanol–water partition coefficient (Wildman–Crippen LogP) is 4.36. The van der Waals surface area contributed by atoms with E-state index in [0.717, 1.165) is 16.3 Å². The summed E-state index contributed by atoms with van der Waals surface area (Å²) in [7, 11) is 0. The van der Waals surface area contributed by atoms with Gasteiger partial charge < -0.3 is 0 Å². The Hall–Kier alpha value is -0.960. The molecule has 2 aromatic heterocycles. The molecule has 0 aliphatic heterocycles. The lowest BCUT2D eigenvalue weighted by Crippen LogP contribution is -1.89. The Morgan fingerprint density at radius 3 is 2.20 bits per heavy atom. The molecule has 3 heteroatoms. The molecule has 2 nitrogen and oxygen atoms in total. The van der Waals surface area contributed by atoms with Crippen molar-refractivity contribution in [3.8, 4) is 0 Å². The average Bonchev–Trinajstić information content (AvgIpc) is 2.72. The van der Waals surface area contributed by atoms with Crippen LogP contribution in [0.4, 0.5) is 0 Å². The van der Waals surface area contributed by atoms with Crippen molar-refractivity contribution in [1.29, 1.82) is 0 Å². The van der Waals surface area contributed by atoms with E-state index in [1.165, 1.54) is 5.39 Å². The van der Waals surface area contributed by atoms with E-state index in [0.29, 0.717) is 0 Å². The third-order valence-corrected chi connectivity index (χ3v) is 2.43. The summed E-state index contributed by atoms with van der Waals surface area (Å²) in [6, 6.07) is 2.06. The van der Waals surface area contributed by atoms with E-state index in [9.17, 15) is 0 Å². The minimum Gasteiger partial charge on any atom is -0.238 e. The molecule has 15 heavy (non-hydrogen) atoms. The van der Waals surface area contributed by atoms with E-state index in [-0.39, 0.29) is 0 Å². The molecule has 0 atom stereocenters. The van der Waals surface area contributed by atoms with Crippen molar-refractivity contribution in [2.24, 2.45) is 0 Å². The molecule has 2 aromatic rings.